The van der Waals surface area contributed by atoms with Crippen molar-refractivity contribution >= 4 is 0 Å². The Bertz CT molecular complexity index is 259. The highest BCUT2D eigenvalue weighted by Crippen LogP contribution is 2.35. The average molecular weight is 178 g/mol. The summed E-state index contributed by atoms with van der Waals surface area (Å²) in [7, 11) is 0. The van der Waals surface area contributed by atoms with Gasteiger partial charge < -0.3 is 5.11 Å². The Balaban J connectivity index is 1.85. The molecule has 0 aliphatic heterocycles. The Morgan fingerprint density at radius 2 is 2.31 bits per heavy atom. The number of nitrogens with zero attached hydrogens (tertiary/aromatic N) is 2. The molecule has 1 saturated carbocycles. The topological polar surface area (TPSA) is 46.0 Å². The van der Waals surface area contributed by atoms with Crippen LogP contribution in [0, 0.1) is 5.92 Å². The van der Waals surface area contributed by atoms with Crippen molar-refractivity contribution in [3.05, 3.63) is 24.3 Å². The largest absolute Gasteiger partial charge is 0.387 e. The Morgan fingerprint density at radius 1 is 1.46 bits per heavy atom. The molecule has 1 aromatic rings. The molecule has 70 valence electrons. The van der Waals surface area contributed by atoms with E-state index < -0.39 is 6.10 Å². The molecule has 1 heterocycles. The Hall–Kier alpha value is -0.960. The van der Waals surface area contributed by atoms with E-state index in [1.165, 1.54) is 12.8 Å². The van der Waals surface area contributed by atoms with Crippen molar-refractivity contribution in [1.82, 2.24) is 9.97 Å². The van der Waals surface area contributed by atoms with E-state index in [1.54, 1.807) is 18.6 Å². The first kappa shape index (κ1) is 8.63. The summed E-state index contributed by atoms with van der Waals surface area (Å²) in [5.74, 6) is 0.867. The van der Waals surface area contributed by atoms with Gasteiger partial charge in [0, 0.05) is 12.4 Å². The maximum absolute atomic E-state index is 9.69. The minimum Gasteiger partial charge on any atom is -0.387 e. The minimum atomic E-state index is -0.422. The summed E-state index contributed by atoms with van der Waals surface area (Å²) in [5.41, 5.74) is 0.697. The van der Waals surface area contributed by atoms with Gasteiger partial charge in [-0.05, 0) is 18.8 Å². The van der Waals surface area contributed by atoms with Crippen LogP contribution in [-0.2, 0) is 0 Å². The van der Waals surface area contributed by atoms with Crippen molar-refractivity contribution in [1.29, 1.82) is 0 Å². The van der Waals surface area contributed by atoms with Gasteiger partial charge in [-0.3, -0.25) is 9.97 Å². The minimum absolute atomic E-state index is 0.422. The molecule has 3 heteroatoms. The van der Waals surface area contributed by atoms with Gasteiger partial charge in [0.1, 0.15) is 0 Å². The first-order chi connectivity index (χ1) is 6.36. The Morgan fingerprint density at radius 3 is 2.92 bits per heavy atom. The van der Waals surface area contributed by atoms with Crippen molar-refractivity contribution in [3.8, 4) is 0 Å². The average Bonchev–Trinajstić information content (AvgIpc) is 2.99. The van der Waals surface area contributed by atoms with Gasteiger partial charge in [0.25, 0.3) is 0 Å². The van der Waals surface area contributed by atoms with Gasteiger partial charge in [0.05, 0.1) is 18.0 Å². The number of aliphatic hydroxyl groups is 1. The first-order valence-electron chi connectivity index (χ1n) is 4.80. The second-order valence-corrected chi connectivity index (χ2v) is 3.67. The van der Waals surface area contributed by atoms with E-state index in [0.29, 0.717) is 5.69 Å². The summed E-state index contributed by atoms with van der Waals surface area (Å²) >= 11 is 0. The quantitative estimate of drug-likeness (QED) is 0.763. The fourth-order valence-corrected chi connectivity index (χ4v) is 1.43. The van der Waals surface area contributed by atoms with Crippen LogP contribution >= 0.6 is 0 Å². The van der Waals surface area contributed by atoms with Crippen LogP contribution in [0.5, 0.6) is 0 Å². The molecular weight excluding hydrogens is 164 g/mol. The zero-order chi connectivity index (χ0) is 9.10. The van der Waals surface area contributed by atoms with Gasteiger partial charge in [0.2, 0.25) is 0 Å². The molecule has 1 aliphatic carbocycles. The monoisotopic (exact) mass is 178 g/mol. The van der Waals surface area contributed by atoms with E-state index >= 15 is 0 Å². The molecule has 0 bridgehead atoms. The summed E-state index contributed by atoms with van der Waals surface area (Å²) < 4.78 is 0. The molecular formula is C10H14N2O. The van der Waals surface area contributed by atoms with E-state index in [0.717, 1.165) is 18.8 Å². The summed E-state index contributed by atoms with van der Waals surface area (Å²) in [6.07, 6.45) is 9.08. The molecule has 3 nitrogen and oxygen atoms in total. The lowest BCUT2D eigenvalue weighted by Crippen LogP contribution is -2.00. The van der Waals surface area contributed by atoms with Crippen LogP contribution in [0.3, 0.4) is 0 Å². The van der Waals surface area contributed by atoms with Crippen LogP contribution in [-0.4, -0.2) is 15.1 Å². The second kappa shape index (κ2) is 3.83. The van der Waals surface area contributed by atoms with Crippen LogP contribution in [0.25, 0.3) is 0 Å². The Kier molecular flexibility index (Phi) is 2.54. The van der Waals surface area contributed by atoms with Gasteiger partial charge in [-0.15, -0.1) is 0 Å². The fraction of sp³-hybridized carbons (Fsp3) is 0.600. The molecule has 1 unspecified atom stereocenters. The van der Waals surface area contributed by atoms with E-state index in [2.05, 4.69) is 9.97 Å². The standard InChI is InChI=1S/C10H14N2O/c13-10(4-3-8-1-2-8)9-7-11-5-6-12-9/h5-8,10,13H,1-4H2. The number of hydrogen-bond donors (Lipinski definition) is 1. The highest BCUT2D eigenvalue weighted by Gasteiger charge is 2.22. The van der Waals surface area contributed by atoms with Crippen LogP contribution < -0.4 is 0 Å². The third-order valence-corrected chi connectivity index (χ3v) is 2.47. The lowest BCUT2D eigenvalue weighted by Gasteiger charge is -2.07. The number of hydrogen-bond acceptors (Lipinski definition) is 3. The normalized spacial score (nSPS) is 18.5. The van der Waals surface area contributed by atoms with Gasteiger partial charge >= 0.3 is 0 Å². The predicted molar refractivity (Wildman–Crippen MR) is 48.9 cm³/mol. The SMILES string of the molecule is OC(CCC1CC1)c1cnccn1. The molecule has 1 aliphatic rings. The van der Waals surface area contributed by atoms with Gasteiger partial charge in [-0.1, -0.05) is 12.8 Å². The van der Waals surface area contributed by atoms with E-state index in [1.807, 2.05) is 0 Å². The third kappa shape index (κ3) is 2.49. The maximum atomic E-state index is 9.69. The summed E-state index contributed by atoms with van der Waals surface area (Å²) in [4.78, 5) is 7.99. The number of rotatable bonds is 4. The van der Waals surface area contributed by atoms with Crippen LogP contribution in [0.15, 0.2) is 18.6 Å². The molecule has 0 radical (unpaired) electrons. The molecule has 2 rings (SSSR count). The molecule has 1 N–H and O–H groups in total. The molecule has 0 spiro atoms. The first-order valence-corrected chi connectivity index (χ1v) is 4.80. The molecule has 0 aromatic carbocycles. The van der Waals surface area contributed by atoms with Crippen LogP contribution in [0.2, 0.25) is 0 Å². The smallest absolute Gasteiger partial charge is 0.0975 e. The van der Waals surface area contributed by atoms with Gasteiger partial charge in [-0.25, -0.2) is 0 Å². The van der Waals surface area contributed by atoms with E-state index in [-0.39, 0.29) is 0 Å². The molecule has 0 amide bonds. The number of aliphatic hydroxyl groups excluding tert-OH is 1. The zero-order valence-electron chi connectivity index (χ0n) is 7.56. The van der Waals surface area contributed by atoms with Crippen molar-refractivity contribution in [2.45, 2.75) is 31.8 Å². The summed E-state index contributed by atoms with van der Waals surface area (Å²) in [5, 5.41) is 9.69. The van der Waals surface area contributed by atoms with E-state index in [9.17, 15) is 5.11 Å². The lowest BCUT2D eigenvalue weighted by molar-refractivity contribution is 0.157. The van der Waals surface area contributed by atoms with Crippen molar-refractivity contribution in [3.63, 3.8) is 0 Å². The maximum Gasteiger partial charge on any atom is 0.0975 e. The number of aromatic nitrogens is 2. The van der Waals surface area contributed by atoms with Crippen LogP contribution in [0.1, 0.15) is 37.5 Å². The second-order valence-electron chi connectivity index (χ2n) is 3.67. The Labute approximate surface area is 77.8 Å². The molecule has 1 atom stereocenters. The van der Waals surface area contributed by atoms with Crippen molar-refractivity contribution in [2.75, 3.05) is 0 Å². The molecule has 0 saturated heterocycles. The van der Waals surface area contributed by atoms with Gasteiger partial charge in [0.15, 0.2) is 0 Å². The summed E-state index contributed by atoms with van der Waals surface area (Å²) in [6.45, 7) is 0. The van der Waals surface area contributed by atoms with E-state index in [4.69, 9.17) is 0 Å². The highest BCUT2D eigenvalue weighted by atomic mass is 16.3. The predicted octanol–water partition coefficient (Wildman–Crippen LogP) is 1.70. The highest BCUT2D eigenvalue weighted by molar-refractivity contribution is 4.99. The van der Waals surface area contributed by atoms with Gasteiger partial charge in [-0.2, -0.15) is 0 Å². The van der Waals surface area contributed by atoms with Crippen molar-refractivity contribution in [2.24, 2.45) is 5.92 Å². The molecule has 1 aromatic heterocycles. The zero-order valence-corrected chi connectivity index (χ0v) is 7.56. The molecule has 13 heavy (non-hydrogen) atoms. The lowest BCUT2D eigenvalue weighted by atomic mass is 10.1. The fourth-order valence-electron chi connectivity index (χ4n) is 1.43. The summed E-state index contributed by atoms with van der Waals surface area (Å²) in [6, 6.07) is 0. The third-order valence-electron chi connectivity index (χ3n) is 2.47. The van der Waals surface area contributed by atoms with Crippen LogP contribution in [0.4, 0.5) is 0 Å². The molecule has 1 fully saturated rings. The van der Waals surface area contributed by atoms with Crippen molar-refractivity contribution < 1.29 is 5.11 Å².